The lowest BCUT2D eigenvalue weighted by atomic mass is 9.79. The molecule has 1 aliphatic heterocycles. The fourth-order valence-corrected chi connectivity index (χ4v) is 1.96. The van der Waals surface area contributed by atoms with Crippen molar-refractivity contribution in [3.63, 3.8) is 0 Å². The molecule has 1 saturated heterocycles. The Labute approximate surface area is 117 Å². The van der Waals surface area contributed by atoms with Gasteiger partial charge in [-0.05, 0) is 52.3 Å². The smallest absolute Gasteiger partial charge is 0.399 e. The number of hydrogen-bond acceptors (Lipinski definition) is 4. The van der Waals surface area contributed by atoms with Crippen LogP contribution in [-0.2, 0) is 15.9 Å². The summed E-state index contributed by atoms with van der Waals surface area (Å²) in [5.74, 6) is 0. The first kappa shape index (κ1) is 14.6. The van der Waals surface area contributed by atoms with E-state index in [2.05, 4.69) is 4.98 Å². The molecule has 0 amide bonds. The molecule has 1 aliphatic rings. The van der Waals surface area contributed by atoms with Crippen LogP contribution >= 0.6 is 0 Å². The van der Waals surface area contributed by atoms with E-state index in [1.807, 2.05) is 46.9 Å². The van der Waals surface area contributed by atoms with Crippen molar-refractivity contribution < 1.29 is 9.31 Å². The summed E-state index contributed by atoms with van der Waals surface area (Å²) in [4.78, 5) is 5.88. The maximum atomic E-state index is 6.02. The van der Waals surface area contributed by atoms with Gasteiger partial charge < -0.3 is 14.1 Å². The lowest BCUT2D eigenvalue weighted by Gasteiger charge is -2.32. The second kappa shape index (κ2) is 4.93. The number of rotatable bonds is 3. The Kier molecular flexibility index (Phi) is 3.78. The lowest BCUT2D eigenvalue weighted by Crippen LogP contribution is -2.41. The minimum atomic E-state index is -0.352. The average Bonchev–Trinajstić information content (AvgIpc) is 2.47. The van der Waals surface area contributed by atoms with Crippen molar-refractivity contribution in [1.82, 2.24) is 9.79 Å². The quantitative estimate of drug-likeness (QED) is 0.754. The Bertz CT molecular complexity index is 448. The molecule has 0 atom stereocenters. The van der Waals surface area contributed by atoms with Gasteiger partial charge in [0.2, 0.25) is 0 Å². The van der Waals surface area contributed by atoms with Gasteiger partial charge >= 0.3 is 7.12 Å². The molecule has 2 heterocycles. The second-order valence-corrected chi connectivity index (χ2v) is 6.08. The summed E-state index contributed by atoms with van der Waals surface area (Å²) < 4.78 is 12.0. The van der Waals surface area contributed by atoms with Crippen molar-refractivity contribution >= 4 is 20.6 Å². The minimum Gasteiger partial charge on any atom is -0.399 e. The van der Waals surface area contributed by atoms with Gasteiger partial charge in [-0.2, -0.15) is 0 Å². The summed E-state index contributed by atoms with van der Waals surface area (Å²) in [6, 6.07) is 3.90. The summed E-state index contributed by atoms with van der Waals surface area (Å²) in [7, 11) is 7.10. The predicted molar refractivity (Wildman–Crippen MR) is 77.2 cm³/mol. The van der Waals surface area contributed by atoms with Gasteiger partial charge in [0.15, 0.2) is 7.98 Å². The topological polar surface area (TPSA) is 34.6 Å². The van der Waals surface area contributed by atoms with Gasteiger partial charge in [0.1, 0.15) is 0 Å². The second-order valence-electron chi connectivity index (χ2n) is 6.08. The molecule has 1 fully saturated rings. The van der Waals surface area contributed by atoms with E-state index in [1.54, 1.807) is 11.0 Å². The molecule has 0 bridgehead atoms. The summed E-state index contributed by atoms with van der Waals surface area (Å²) in [5.41, 5.74) is 1.22. The molecule has 0 aliphatic carbocycles. The zero-order chi connectivity index (χ0) is 14.3. The summed E-state index contributed by atoms with van der Waals surface area (Å²) in [6.07, 6.45) is 1.76. The molecule has 0 aromatic carbocycles. The first-order valence-electron chi connectivity index (χ1n) is 6.47. The Hall–Kier alpha value is -0.840. The van der Waals surface area contributed by atoms with Crippen molar-refractivity contribution in [2.24, 2.45) is 0 Å². The van der Waals surface area contributed by atoms with Crippen LogP contribution in [0, 0.1) is 0 Å². The zero-order valence-corrected chi connectivity index (χ0v) is 12.3. The van der Waals surface area contributed by atoms with Crippen molar-refractivity contribution in [2.45, 2.75) is 45.4 Å². The number of nitrogens with zero attached hydrogens (tertiary/aromatic N) is 2. The normalized spacial score (nSPS) is 21.1. The van der Waals surface area contributed by atoms with Crippen LogP contribution in [0.25, 0.3) is 0 Å². The highest BCUT2D eigenvalue weighted by atomic mass is 16.7. The van der Waals surface area contributed by atoms with Crippen LogP contribution in [0.4, 0.5) is 0 Å². The highest BCUT2D eigenvalue weighted by Gasteiger charge is 2.51. The molecule has 0 spiro atoms. The molecule has 2 rings (SSSR count). The average molecular weight is 258 g/mol. The van der Waals surface area contributed by atoms with Gasteiger partial charge in [0.05, 0.1) is 16.9 Å². The number of pyridine rings is 1. The monoisotopic (exact) mass is 258 g/mol. The standard InChI is InChI=1S/C13H20B2N2O2/c1-12(2)13(3,4)19-15(18-12)10-6-7-16-11(8-10)9-17(5)14/h6-8H,9H2,1-5H3. The first-order chi connectivity index (χ1) is 8.71. The van der Waals surface area contributed by atoms with E-state index in [0.717, 1.165) is 11.2 Å². The first-order valence-corrected chi connectivity index (χ1v) is 6.47. The number of aromatic nitrogens is 1. The Morgan fingerprint density at radius 3 is 2.37 bits per heavy atom. The zero-order valence-electron chi connectivity index (χ0n) is 12.3. The van der Waals surface area contributed by atoms with Crippen LogP contribution in [0.1, 0.15) is 33.4 Å². The van der Waals surface area contributed by atoms with Gasteiger partial charge in [0.25, 0.3) is 0 Å². The van der Waals surface area contributed by atoms with Crippen LogP contribution in [0.2, 0.25) is 0 Å². The third kappa shape index (κ3) is 3.02. The summed E-state index contributed by atoms with van der Waals surface area (Å²) >= 11 is 0. The van der Waals surface area contributed by atoms with Gasteiger partial charge in [0, 0.05) is 12.7 Å². The van der Waals surface area contributed by atoms with Crippen molar-refractivity contribution in [2.75, 3.05) is 7.05 Å². The SMILES string of the molecule is [B]N(C)Cc1cc(B2OC(C)(C)C(C)(C)O2)ccn1. The van der Waals surface area contributed by atoms with Crippen molar-refractivity contribution in [3.05, 3.63) is 24.0 Å². The van der Waals surface area contributed by atoms with Crippen molar-refractivity contribution in [1.29, 1.82) is 0 Å². The highest BCUT2D eigenvalue weighted by Crippen LogP contribution is 2.36. The highest BCUT2D eigenvalue weighted by molar-refractivity contribution is 6.62. The van der Waals surface area contributed by atoms with Crippen LogP contribution < -0.4 is 5.46 Å². The molecule has 1 aromatic rings. The molecule has 100 valence electrons. The predicted octanol–water partition coefficient (Wildman–Crippen LogP) is 0.896. The van der Waals surface area contributed by atoms with Crippen molar-refractivity contribution in [3.8, 4) is 0 Å². The largest absolute Gasteiger partial charge is 0.494 e. The molecule has 1 aromatic heterocycles. The van der Waals surface area contributed by atoms with E-state index >= 15 is 0 Å². The Morgan fingerprint density at radius 1 is 1.26 bits per heavy atom. The lowest BCUT2D eigenvalue weighted by molar-refractivity contribution is 0.00578. The van der Waals surface area contributed by atoms with Crippen LogP contribution in [0.3, 0.4) is 0 Å². The minimum absolute atomic E-state index is 0.328. The fraction of sp³-hybridized carbons (Fsp3) is 0.615. The van der Waals surface area contributed by atoms with E-state index in [0.29, 0.717) is 6.54 Å². The Morgan fingerprint density at radius 2 is 1.84 bits per heavy atom. The molecular formula is C13H20B2N2O2. The van der Waals surface area contributed by atoms with E-state index in [4.69, 9.17) is 17.3 Å². The molecular weight excluding hydrogens is 238 g/mol. The van der Waals surface area contributed by atoms with Gasteiger partial charge in [-0.1, -0.05) is 0 Å². The summed E-state index contributed by atoms with van der Waals surface area (Å²) in [5, 5.41) is 0. The molecule has 4 nitrogen and oxygen atoms in total. The summed E-state index contributed by atoms with van der Waals surface area (Å²) in [6.45, 7) is 8.77. The maximum absolute atomic E-state index is 6.02. The van der Waals surface area contributed by atoms with Gasteiger partial charge in [-0.15, -0.1) is 0 Å². The molecule has 6 heteroatoms. The third-order valence-electron chi connectivity index (χ3n) is 3.78. The third-order valence-corrected chi connectivity index (χ3v) is 3.78. The number of hydrogen-bond donors (Lipinski definition) is 0. The van der Waals surface area contributed by atoms with E-state index < -0.39 is 0 Å². The molecule has 19 heavy (non-hydrogen) atoms. The maximum Gasteiger partial charge on any atom is 0.494 e. The fourth-order valence-electron chi connectivity index (χ4n) is 1.96. The van der Waals surface area contributed by atoms with E-state index in [-0.39, 0.29) is 18.3 Å². The van der Waals surface area contributed by atoms with E-state index in [1.165, 1.54) is 0 Å². The van der Waals surface area contributed by atoms with Gasteiger partial charge in [-0.25, -0.2) is 0 Å². The molecule has 0 unspecified atom stereocenters. The van der Waals surface area contributed by atoms with E-state index in [9.17, 15) is 0 Å². The molecule has 2 radical (unpaired) electrons. The van der Waals surface area contributed by atoms with Crippen LogP contribution in [0.15, 0.2) is 18.3 Å². The van der Waals surface area contributed by atoms with Gasteiger partial charge in [-0.3, -0.25) is 4.98 Å². The van der Waals surface area contributed by atoms with Crippen LogP contribution in [0.5, 0.6) is 0 Å². The Balaban J connectivity index is 2.20. The molecule has 0 saturated carbocycles. The molecule has 0 N–H and O–H groups in total. The van der Waals surface area contributed by atoms with Crippen LogP contribution in [-0.4, -0.2) is 43.1 Å².